The fraction of sp³-hybridized carbons (Fsp3) is 0.364. The van der Waals surface area contributed by atoms with Gasteiger partial charge in [0.05, 0.1) is 0 Å². The number of hydrogen-bond acceptors (Lipinski definition) is 2. The zero-order chi connectivity index (χ0) is 21.6. The summed E-state index contributed by atoms with van der Waals surface area (Å²) in [5.41, 5.74) is -2.88. The number of para-hydroxylation sites is 1. The summed E-state index contributed by atoms with van der Waals surface area (Å²) in [6.07, 6.45) is -6.29. The minimum absolute atomic E-state index is 0.217. The van der Waals surface area contributed by atoms with Crippen LogP contribution in [0.5, 0.6) is 5.75 Å². The molecular weight excluding hydrogens is 386 g/mol. The van der Waals surface area contributed by atoms with Crippen molar-refractivity contribution in [1.82, 2.24) is 4.98 Å². The van der Waals surface area contributed by atoms with Crippen molar-refractivity contribution in [1.29, 1.82) is 0 Å². The lowest BCUT2D eigenvalue weighted by atomic mass is 9.72. The summed E-state index contributed by atoms with van der Waals surface area (Å²) < 4.78 is 55.7. The summed E-state index contributed by atoms with van der Waals surface area (Å²) >= 11 is 0. The molecule has 0 bridgehead atoms. The van der Waals surface area contributed by atoms with Crippen LogP contribution in [0.15, 0.2) is 42.5 Å². The Morgan fingerprint density at radius 1 is 1.03 bits per heavy atom. The highest BCUT2D eigenvalue weighted by Crippen LogP contribution is 2.44. The molecule has 1 unspecified atom stereocenters. The van der Waals surface area contributed by atoms with Crippen molar-refractivity contribution in [2.75, 3.05) is 0 Å². The van der Waals surface area contributed by atoms with Crippen LogP contribution in [0, 0.1) is 12.7 Å². The standard InChI is InChI=1S/C22H23F4NO2/c1-13-17(9-15(23)10-19(13)28)20(2,3)12-21(29,22(24,25)26)11-16-8-14-6-4-5-7-18(14)27-16/h4-10,27-29H,11-12H2,1-3H3. The molecule has 0 fully saturated rings. The highest BCUT2D eigenvalue weighted by Gasteiger charge is 2.56. The van der Waals surface area contributed by atoms with E-state index in [1.807, 2.05) is 0 Å². The van der Waals surface area contributed by atoms with Crippen LogP contribution >= 0.6 is 0 Å². The first-order valence-corrected chi connectivity index (χ1v) is 9.18. The highest BCUT2D eigenvalue weighted by molar-refractivity contribution is 5.80. The van der Waals surface area contributed by atoms with Crippen molar-refractivity contribution in [3.63, 3.8) is 0 Å². The number of nitrogens with one attached hydrogen (secondary N) is 1. The van der Waals surface area contributed by atoms with Gasteiger partial charge in [0.1, 0.15) is 11.6 Å². The van der Waals surface area contributed by atoms with Gasteiger partial charge in [0.2, 0.25) is 0 Å². The Morgan fingerprint density at radius 3 is 2.31 bits per heavy atom. The van der Waals surface area contributed by atoms with E-state index in [0.29, 0.717) is 5.52 Å². The van der Waals surface area contributed by atoms with E-state index in [0.717, 1.165) is 17.5 Å². The van der Waals surface area contributed by atoms with Crippen molar-refractivity contribution >= 4 is 10.9 Å². The van der Waals surface area contributed by atoms with E-state index in [-0.39, 0.29) is 22.6 Å². The molecule has 0 aliphatic carbocycles. The lowest BCUT2D eigenvalue weighted by Crippen LogP contribution is -2.51. The van der Waals surface area contributed by atoms with Gasteiger partial charge in [-0.05, 0) is 53.5 Å². The normalized spacial score (nSPS) is 14.9. The highest BCUT2D eigenvalue weighted by atomic mass is 19.4. The SMILES string of the molecule is Cc1c(O)cc(F)cc1C(C)(C)CC(O)(Cc1cc2ccccc2[nH]1)C(F)(F)F. The number of phenolic OH excluding ortho intramolecular Hbond substituents is 1. The maximum absolute atomic E-state index is 14.0. The number of fused-ring (bicyclic) bond motifs is 1. The zero-order valence-electron chi connectivity index (χ0n) is 16.4. The minimum atomic E-state index is -4.91. The predicted octanol–water partition coefficient (Wildman–Crippen LogP) is 5.52. The maximum Gasteiger partial charge on any atom is 0.417 e. The number of aromatic amines is 1. The second-order valence-electron chi connectivity index (χ2n) is 8.25. The van der Waals surface area contributed by atoms with Gasteiger partial charge in [-0.1, -0.05) is 32.0 Å². The van der Waals surface area contributed by atoms with Gasteiger partial charge in [-0.2, -0.15) is 13.2 Å². The molecule has 29 heavy (non-hydrogen) atoms. The van der Waals surface area contributed by atoms with Gasteiger partial charge in [-0.25, -0.2) is 4.39 Å². The van der Waals surface area contributed by atoms with Gasteiger partial charge >= 0.3 is 6.18 Å². The molecule has 0 aliphatic rings. The van der Waals surface area contributed by atoms with E-state index in [1.165, 1.54) is 20.8 Å². The molecule has 0 radical (unpaired) electrons. The van der Waals surface area contributed by atoms with Crippen LogP contribution in [0.4, 0.5) is 17.6 Å². The number of H-pyrrole nitrogens is 1. The molecule has 156 valence electrons. The van der Waals surface area contributed by atoms with E-state index < -0.39 is 35.9 Å². The molecule has 1 aromatic heterocycles. The topological polar surface area (TPSA) is 56.2 Å². The minimum Gasteiger partial charge on any atom is -0.508 e. The molecule has 3 N–H and O–H groups in total. The van der Waals surface area contributed by atoms with E-state index in [1.54, 1.807) is 30.3 Å². The second kappa shape index (κ2) is 7.06. The number of hydrogen-bond donors (Lipinski definition) is 3. The Balaban J connectivity index is 2.00. The largest absolute Gasteiger partial charge is 0.508 e. The van der Waals surface area contributed by atoms with Crippen molar-refractivity contribution in [2.24, 2.45) is 0 Å². The van der Waals surface area contributed by atoms with Gasteiger partial charge < -0.3 is 15.2 Å². The number of aromatic hydroxyl groups is 1. The van der Waals surface area contributed by atoms with E-state index in [4.69, 9.17) is 0 Å². The Hall–Kier alpha value is -2.54. The van der Waals surface area contributed by atoms with Gasteiger partial charge in [-0.3, -0.25) is 0 Å². The molecule has 0 spiro atoms. The Labute approximate surface area is 166 Å². The van der Waals surface area contributed by atoms with Gasteiger partial charge in [0.25, 0.3) is 0 Å². The fourth-order valence-corrected chi connectivity index (χ4v) is 4.00. The van der Waals surface area contributed by atoms with E-state index in [2.05, 4.69) is 4.98 Å². The quantitative estimate of drug-likeness (QED) is 0.486. The van der Waals surface area contributed by atoms with Crippen molar-refractivity contribution in [2.45, 2.75) is 50.8 Å². The van der Waals surface area contributed by atoms with Gasteiger partial charge in [-0.15, -0.1) is 0 Å². The molecule has 3 aromatic rings. The fourth-order valence-electron chi connectivity index (χ4n) is 4.00. The van der Waals surface area contributed by atoms with Crippen molar-refractivity contribution in [3.05, 3.63) is 65.1 Å². The third-order valence-corrected chi connectivity index (χ3v) is 5.40. The number of aliphatic hydroxyl groups is 1. The number of rotatable bonds is 5. The summed E-state index contributed by atoms with van der Waals surface area (Å²) in [7, 11) is 0. The Bertz CT molecular complexity index is 1010. The third kappa shape index (κ3) is 4.10. The average Bonchev–Trinajstić information content (AvgIpc) is 2.98. The summed E-state index contributed by atoms with van der Waals surface area (Å²) in [5, 5.41) is 21.4. The zero-order valence-corrected chi connectivity index (χ0v) is 16.4. The summed E-state index contributed by atoms with van der Waals surface area (Å²) in [6.45, 7) is 4.50. The lowest BCUT2D eigenvalue weighted by Gasteiger charge is -2.38. The maximum atomic E-state index is 14.0. The van der Waals surface area contributed by atoms with Crippen molar-refractivity contribution in [3.8, 4) is 5.75 Å². The smallest absolute Gasteiger partial charge is 0.417 e. The van der Waals surface area contributed by atoms with Crippen LogP contribution in [0.25, 0.3) is 10.9 Å². The Morgan fingerprint density at radius 2 is 1.69 bits per heavy atom. The molecule has 3 nitrogen and oxygen atoms in total. The average molecular weight is 409 g/mol. The van der Waals surface area contributed by atoms with Gasteiger partial charge in [0, 0.05) is 23.7 Å². The van der Waals surface area contributed by atoms with Crippen LogP contribution in [0.2, 0.25) is 0 Å². The number of aromatic nitrogens is 1. The number of benzene rings is 2. The van der Waals surface area contributed by atoms with Gasteiger partial charge in [0.15, 0.2) is 5.60 Å². The number of alkyl halides is 3. The third-order valence-electron chi connectivity index (χ3n) is 5.40. The molecule has 0 saturated carbocycles. The summed E-state index contributed by atoms with van der Waals surface area (Å²) in [5.74, 6) is -1.08. The van der Waals surface area contributed by atoms with E-state index >= 15 is 0 Å². The predicted molar refractivity (Wildman–Crippen MR) is 103 cm³/mol. The van der Waals surface area contributed by atoms with Crippen LogP contribution < -0.4 is 0 Å². The molecule has 7 heteroatoms. The molecule has 0 amide bonds. The van der Waals surface area contributed by atoms with Crippen molar-refractivity contribution < 1.29 is 27.8 Å². The van der Waals surface area contributed by atoms with Crippen LogP contribution in [0.3, 0.4) is 0 Å². The van der Waals surface area contributed by atoms with Crippen LogP contribution in [0.1, 0.15) is 37.1 Å². The summed E-state index contributed by atoms with van der Waals surface area (Å²) in [4.78, 5) is 2.92. The first-order valence-electron chi connectivity index (χ1n) is 9.18. The Kier molecular flexibility index (Phi) is 5.15. The molecule has 0 saturated heterocycles. The molecular formula is C22H23F4NO2. The first kappa shape index (κ1) is 21.2. The molecule has 2 aromatic carbocycles. The molecule has 1 heterocycles. The molecule has 3 rings (SSSR count). The molecule has 1 atom stereocenters. The lowest BCUT2D eigenvalue weighted by molar-refractivity contribution is -0.266. The molecule has 0 aliphatic heterocycles. The second-order valence-corrected chi connectivity index (χ2v) is 8.25. The first-order chi connectivity index (χ1) is 13.3. The summed E-state index contributed by atoms with van der Waals surface area (Å²) in [6, 6.07) is 10.7. The van der Waals surface area contributed by atoms with E-state index in [9.17, 15) is 27.8 Å². The van der Waals surface area contributed by atoms with Crippen LogP contribution in [-0.4, -0.2) is 27.0 Å². The number of phenols is 1. The monoisotopic (exact) mass is 409 g/mol. The van der Waals surface area contributed by atoms with Crippen LogP contribution in [-0.2, 0) is 11.8 Å². The number of halogens is 4.